The third-order valence-electron chi connectivity index (χ3n) is 4.28. The lowest BCUT2D eigenvalue weighted by atomic mass is 10.1. The van der Waals surface area contributed by atoms with Gasteiger partial charge in [-0.05, 0) is 24.8 Å². The van der Waals surface area contributed by atoms with Crippen LogP contribution in [0.25, 0.3) is 0 Å². The van der Waals surface area contributed by atoms with Crippen LogP contribution in [0.5, 0.6) is 0 Å². The van der Waals surface area contributed by atoms with Gasteiger partial charge in [0.25, 0.3) is 0 Å². The minimum absolute atomic E-state index is 0.0909. The molecule has 0 unspecified atom stereocenters. The zero-order valence-corrected chi connectivity index (χ0v) is 13.9. The van der Waals surface area contributed by atoms with Gasteiger partial charge < -0.3 is 4.90 Å². The number of carbonyl (C=O) groups is 1. The van der Waals surface area contributed by atoms with Crippen LogP contribution in [0.4, 0.5) is 0 Å². The van der Waals surface area contributed by atoms with Crippen molar-refractivity contribution in [2.45, 2.75) is 25.8 Å². The van der Waals surface area contributed by atoms with E-state index in [4.69, 9.17) is 0 Å². The summed E-state index contributed by atoms with van der Waals surface area (Å²) >= 11 is 0. The van der Waals surface area contributed by atoms with Gasteiger partial charge in [0, 0.05) is 30.4 Å². The molecule has 0 spiro atoms. The summed E-state index contributed by atoms with van der Waals surface area (Å²) in [6.07, 6.45) is 9.21. The van der Waals surface area contributed by atoms with Gasteiger partial charge in [-0.3, -0.25) is 4.79 Å². The molecule has 0 saturated carbocycles. The molecule has 0 radical (unpaired) electrons. The van der Waals surface area contributed by atoms with Crippen molar-refractivity contribution in [3.8, 4) is 0 Å². The highest BCUT2D eigenvalue weighted by atomic mass is 16.1. The first-order valence-corrected chi connectivity index (χ1v) is 8.57. The number of allylic oxidation sites excluding steroid dienone is 3. The zero-order chi connectivity index (χ0) is 16.6. The van der Waals surface area contributed by atoms with Gasteiger partial charge in [-0.25, -0.2) is 0 Å². The average Bonchev–Trinajstić information content (AvgIpc) is 2.62. The van der Waals surface area contributed by atoms with Crippen LogP contribution in [-0.2, 0) is 6.54 Å². The molecule has 0 bridgehead atoms. The normalized spacial score (nSPS) is 18.0. The molecule has 122 valence electrons. The van der Waals surface area contributed by atoms with E-state index in [9.17, 15) is 4.79 Å². The predicted octanol–water partition coefficient (Wildman–Crippen LogP) is 5.00. The van der Waals surface area contributed by atoms with Gasteiger partial charge in [-0.2, -0.15) is 0 Å². The molecule has 3 rings (SSSR count). The van der Waals surface area contributed by atoms with E-state index in [-0.39, 0.29) is 5.78 Å². The molecule has 0 N–H and O–H groups in total. The first kappa shape index (κ1) is 16.3. The lowest BCUT2D eigenvalue weighted by molar-refractivity contribution is 0.104. The molecule has 2 nitrogen and oxygen atoms in total. The topological polar surface area (TPSA) is 20.3 Å². The van der Waals surface area contributed by atoms with Crippen LogP contribution in [-0.4, -0.2) is 17.2 Å². The summed E-state index contributed by atoms with van der Waals surface area (Å²) < 4.78 is 0. The molecule has 0 fully saturated rings. The van der Waals surface area contributed by atoms with Crippen molar-refractivity contribution in [3.63, 3.8) is 0 Å². The Balaban J connectivity index is 1.83. The van der Waals surface area contributed by atoms with Crippen molar-refractivity contribution in [3.05, 3.63) is 95.7 Å². The minimum Gasteiger partial charge on any atom is -0.370 e. The molecule has 2 heteroatoms. The number of hydrogen-bond donors (Lipinski definition) is 0. The van der Waals surface area contributed by atoms with E-state index in [1.807, 2.05) is 42.5 Å². The highest BCUT2D eigenvalue weighted by Crippen LogP contribution is 2.20. The molecule has 1 heterocycles. The largest absolute Gasteiger partial charge is 0.370 e. The second-order valence-electron chi connectivity index (χ2n) is 6.07. The summed E-state index contributed by atoms with van der Waals surface area (Å²) in [6, 6.07) is 20.0. The molecule has 2 aromatic rings. The van der Waals surface area contributed by atoms with Crippen LogP contribution in [0.15, 0.2) is 84.6 Å². The Morgan fingerprint density at radius 3 is 2.33 bits per heavy atom. The predicted molar refractivity (Wildman–Crippen MR) is 98.7 cm³/mol. The molecular weight excluding hydrogens is 294 g/mol. The number of benzene rings is 2. The van der Waals surface area contributed by atoms with Crippen LogP contribution in [0, 0.1) is 0 Å². The van der Waals surface area contributed by atoms with Gasteiger partial charge in [0.15, 0.2) is 5.78 Å². The highest BCUT2D eigenvalue weighted by molar-refractivity contribution is 6.04. The van der Waals surface area contributed by atoms with E-state index in [2.05, 4.69) is 41.3 Å². The zero-order valence-electron chi connectivity index (χ0n) is 13.9. The van der Waals surface area contributed by atoms with E-state index in [1.54, 1.807) is 0 Å². The summed E-state index contributed by atoms with van der Waals surface area (Å²) in [7, 11) is 0. The molecule has 0 aliphatic carbocycles. The summed E-state index contributed by atoms with van der Waals surface area (Å²) in [6.45, 7) is 1.79. The lowest BCUT2D eigenvalue weighted by Gasteiger charge is -2.28. The molecular formula is C22H23NO. The van der Waals surface area contributed by atoms with E-state index in [1.165, 1.54) is 5.56 Å². The molecule has 24 heavy (non-hydrogen) atoms. The van der Waals surface area contributed by atoms with Crippen molar-refractivity contribution in [1.29, 1.82) is 0 Å². The lowest BCUT2D eigenvalue weighted by Crippen LogP contribution is -2.25. The van der Waals surface area contributed by atoms with Crippen molar-refractivity contribution < 1.29 is 4.79 Å². The first-order valence-electron chi connectivity index (χ1n) is 8.57. The second kappa shape index (κ2) is 8.30. The molecule has 0 atom stereocenters. The van der Waals surface area contributed by atoms with Crippen molar-refractivity contribution >= 4 is 5.78 Å². The highest BCUT2D eigenvalue weighted by Gasteiger charge is 2.13. The second-order valence-corrected chi connectivity index (χ2v) is 6.07. The first-order chi connectivity index (χ1) is 11.8. The van der Waals surface area contributed by atoms with Crippen LogP contribution in [0.1, 0.15) is 35.2 Å². The molecule has 0 amide bonds. The van der Waals surface area contributed by atoms with Gasteiger partial charge in [0.2, 0.25) is 0 Å². The van der Waals surface area contributed by atoms with Gasteiger partial charge in [0.05, 0.1) is 0 Å². The van der Waals surface area contributed by atoms with Gasteiger partial charge in [0.1, 0.15) is 0 Å². The quantitative estimate of drug-likeness (QED) is 0.449. The van der Waals surface area contributed by atoms with Crippen LogP contribution < -0.4 is 0 Å². The maximum Gasteiger partial charge on any atom is 0.187 e. The Bertz CT molecular complexity index is 716. The maximum absolute atomic E-state index is 12.6. The van der Waals surface area contributed by atoms with Crippen molar-refractivity contribution in [2.24, 2.45) is 0 Å². The van der Waals surface area contributed by atoms with Gasteiger partial charge in [-0.15, -0.1) is 0 Å². The van der Waals surface area contributed by atoms with Gasteiger partial charge >= 0.3 is 0 Å². The maximum atomic E-state index is 12.6. The number of ketones is 1. The van der Waals surface area contributed by atoms with Crippen LogP contribution >= 0.6 is 0 Å². The monoisotopic (exact) mass is 317 g/mol. The van der Waals surface area contributed by atoms with Crippen LogP contribution in [0.2, 0.25) is 0 Å². The molecule has 0 saturated heterocycles. The molecule has 2 aromatic carbocycles. The fourth-order valence-corrected chi connectivity index (χ4v) is 2.98. The van der Waals surface area contributed by atoms with E-state index in [0.717, 1.165) is 43.6 Å². The average molecular weight is 317 g/mol. The molecule has 1 aliphatic heterocycles. The van der Waals surface area contributed by atoms with Crippen LogP contribution in [0.3, 0.4) is 0 Å². The Labute approximate surface area is 144 Å². The summed E-state index contributed by atoms with van der Waals surface area (Å²) in [5, 5.41) is 0. The Morgan fingerprint density at radius 2 is 1.58 bits per heavy atom. The SMILES string of the molecule is O=C(/C=C1/CC/C=C\CCN1Cc1ccccc1)c1ccccc1. The number of carbonyl (C=O) groups excluding carboxylic acids is 1. The van der Waals surface area contributed by atoms with E-state index < -0.39 is 0 Å². The number of nitrogens with zero attached hydrogens (tertiary/aromatic N) is 1. The Hall–Kier alpha value is -2.61. The number of hydrogen-bond acceptors (Lipinski definition) is 2. The summed E-state index contributed by atoms with van der Waals surface area (Å²) in [4.78, 5) is 14.9. The summed E-state index contributed by atoms with van der Waals surface area (Å²) in [5.41, 5.74) is 3.17. The summed E-state index contributed by atoms with van der Waals surface area (Å²) in [5.74, 6) is 0.0909. The smallest absolute Gasteiger partial charge is 0.187 e. The standard InChI is InChI=1S/C22H23NO/c24-22(20-13-7-4-8-14-20)17-21-15-9-1-2-10-16-23(21)18-19-11-5-3-6-12-19/h1-8,11-14,17H,9-10,15-16,18H2/b2-1-,21-17-. The molecule has 1 aliphatic rings. The number of rotatable bonds is 4. The Morgan fingerprint density at radius 1 is 0.917 bits per heavy atom. The van der Waals surface area contributed by atoms with E-state index in [0.29, 0.717) is 0 Å². The van der Waals surface area contributed by atoms with Gasteiger partial charge in [-0.1, -0.05) is 72.8 Å². The third-order valence-corrected chi connectivity index (χ3v) is 4.28. The van der Waals surface area contributed by atoms with Crippen molar-refractivity contribution in [1.82, 2.24) is 4.90 Å². The Kier molecular flexibility index (Phi) is 5.62. The van der Waals surface area contributed by atoms with E-state index >= 15 is 0 Å². The fraction of sp³-hybridized carbons (Fsp3) is 0.227. The van der Waals surface area contributed by atoms with Crippen molar-refractivity contribution in [2.75, 3.05) is 6.54 Å². The third kappa shape index (κ3) is 4.45. The molecule has 0 aromatic heterocycles. The fourth-order valence-electron chi connectivity index (χ4n) is 2.98. The minimum atomic E-state index is 0.0909.